The first-order chi connectivity index (χ1) is 14.5. The minimum absolute atomic E-state index is 0.0365. The second-order valence-electron chi connectivity index (χ2n) is 6.28. The number of carbonyl (C=O) groups excluding carboxylic acids is 3. The fourth-order valence-corrected chi connectivity index (χ4v) is 3.12. The maximum absolute atomic E-state index is 11.9. The van der Waals surface area contributed by atoms with Gasteiger partial charge in [0.15, 0.2) is 5.82 Å². The van der Waals surface area contributed by atoms with E-state index in [0.717, 1.165) is 22.9 Å². The van der Waals surface area contributed by atoms with Crippen molar-refractivity contribution in [2.75, 3.05) is 11.1 Å². The molecule has 2 aromatic carbocycles. The van der Waals surface area contributed by atoms with Gasteiger partial charge < -0.3 is 5.32 Å². The van der Waals surface area contributed by atoms with Gasteiger partial charge in [-0.25, -0.2) is 4.98 Å². The number of nitrogens with one attached hydrogen (secondary N) is 4. The Morgan fingerprint density at radius 1 is 1.00 bits per heavy atom. The van der Waals surface area contributed by atoms with Gasteiger partial charge in [-0.15, -0.1) is 5.10 Å². The molecule has 0 unspecified atom stereocenters. The van der Waals surface area contributed by atoms with Gasteiger partial charge in [-0.1, -0.05) is 54.2 Å². The summed E-state index contributed by atoms with van der Waals surface area (Å²) in [7, 11) is 0. The van der Waals surface area contributed by atoms with Gasteiger partial charge in [-0.2, -0.15) is 0 Å². The molecule has 0 saturated carbocycles. The van der Waals surface area contributed by atoms with E-state index in [1.807, 2.05) is 36.4 Å². The number of benzene rings is 2. The highest BCUT2D eigenvalue weighted by molar-refractivity contribution is 7.99. The predicted molar refractivity (Wildman–Crippen MR) is 113 cm³/mol. The first-order valence-electron chi connectivity index (χ1n) is 9.04. The highest BCUT2D eigenvalue weighted by Gasteiger charge is 2.11. The molecule has 0 spiro atoms. The van der Waals surface area contributed by atoms with E-state index in [9.17, 15) is 14.4 Å². The number of hydrogen-bond acceptors (Lipinski definition) is 6. The SMILES string of the molecule is CC(=O)Nc1cccc(-c2nc(SCC(=O)NNC(=O)Cc3ccccc3)n[nH]2)c1. The van der Waals surface area contributed by atoms with Crippen molar-refractivity contribution in [1.82, 2.24) is 26.0 Å². The van der Waals surface area contributed by atoms with Crippen molar-refractivity contribution in [3.8, 4) is 11.4 Å². The van der Waals surface area contributed by atoms with Gasteiger partial charge in [0.2, 0.25) is 22.9 Å². The Bertz CT molecular complexity index is 1040. The van der Waals surface area contributed by atoms with E-state index < -0.39 is 0 Å². The van der Waals surface area contributed by atoms with Crippen LogP contribution in [0.25, 0.3) is 11.4 Å². The van der Waals surface area contributed by atoms with E-state index in [1.54, 1.807) is 18.2 Å². The highest BCUT2D eigenvalue weighted by atomic mass is 32.2. The van der Waals surface area contributed by atoms with Crippen molar-refractivity contribution in [1.29, 1.82) is 0 Å². The lowest BCUT2D eigenvalue weighted by Gasteiger charge is -2.06. The summed E-state index contributed by atoms with van der Waals surface area (Å²) < 4.78 is 0. The van der Waals surface area contributed by atoms with Gasteiger partial charge in [0.1, 0.15) is 0 Å². The first kappa shape index (κ1) is 21.1. The molecular formula is C20H20N6O3S. The van der Waals surface area contributed by atoms with Crippen LogP contribution in [0.4, 0.5) is 5.69 Å². The number of amides is 3. The Hall–Kier alpha value is -3.66. The maximum Gasteiger partial charge on any atom is 0.248 e. The smallest absolute Gasteiger partial charge is 0.248 e. The summed E-state index contributed by atoms with van der Waals surface area (Å²) in [4.78, 5) is 39.3. The van der Waals surface area contributed by atoms with Crippen molar-refractivity contribution in [2.45, 2.75) is 18.5 Å². The van der Waals surface area contributed by atoms with E-state index in [-0.39, 0.29) is 29.9 Å². The Balaban J connectivity index is 1.46. The van der Waals surface area contributed by atoms with Gasteiger partial charge in [0.05, 0.1) is 12.2 Å². The molecule has 0 aliphatic heterocycles. The van der Waals surface area contributed by atoms with Crippen LogP contribution in [0.2, 0.25) is 0 Å². The van der Waals surface area contributed by atoms with Crippen molar-refractivity contribution in [2.24, 2.45) is 0 Å². The Morgan fingerprint density at radius 2 is 1.77 bits per heavy atom. The molecular weight excluding hydrogens is 404 g/mol. The Kier molecular flexibility index (Phi) is 7.17. The maximum atomic E-state index is 11.9. The lowest BCUT2D eigenvalue weighted by molar-refractivity contribution is -0.127. The fourth-order valence-electron chi connectivity index (χ4n) is 2.52. The molecule has 30 heavy (non-hydrogen) atoms. The molecule has 1 aromatic heterocycles. The number of rotatable bonds is 7. The Labute approximate surface area is 177 Å². The summed E-state index contributed by atoms with van der Waals surface area (Å²) in [6, 6.07) is 16.4. The number of thioether (sulfide) groups is 1. The molecule has 0 atom stereocenters. The summed E-state index contributed by atoms with van der Waals surface area (Å²) >= 11 is 1.13. The number of hydrogen-bond donors (Lipinski definition) is 4. The minimum Gasteiger partial charge on any atom is -0.326 e. The van der Waals surface area contributed by atoms with Crippen molar-refractivity contribution in [3.63, 3.8) is 0 Å². The summed E-state index contributed by atoms with van der Waals surface area (Å²) in [6.45, 7) is 1.44. The summed E-state index contributed by atoms with van der Waals surface area (Å²) in [5.74, 6) is -0.294. The lowest BCUT2D eigenvalue weighted by atomic mass is 10.1. The van der Waals surface area contributed by atoms with Gasteiger partial charge in [-0.05, 0) is 17.7 Å². The standard InChI is InChI=1S/C20H20N6O3S/c1-13(27)21-16-9-5-8-15(11-16)19-22-20(26-25-19)30-12-18(29)24-23-17(28)10-14-6-3-2-4-7-14/h2-9,11H,10,12H2,1H3,(H,21,27)(H,23,28)(H,24,29)(H,22,25,26). The number of H-pyrrole nitrogens is 1. The molecule has 4 N–H and O–H groups in total. The molecule has 9 nitrogen and oxygen atoms in total. The Morgan fingerprint density at radius 3 is 2.53 bits per heavy atom. The molecule has 0 bridgehead atoms. The number of nitrogens with zero attached hydrogens (tertiary/aromatic N) is 2. The fraction of sp³-hybridized carbons (Fsp3) is 0.150. The van der Waals surface area contributed by atoms with Crippen LogP contribution in [0, 0.1) is 0 Å². The van der Waals surface area contributed by atoms with Gasteiger partial charge in [0, 0.05) is 18.2 Å². The van der Waals surface area contributed by atoms with Crippen molar-refractivity contribution in [3.05, 3.63) is 60.2 Å². The number of hydrazine groups is 1. The molecule has 3 rings (SSSR count). The minimum atomic E-state index is -0.375. The van der Waals surface area contributed by atoms with Crippen LogP contribution < -0.4 is 16.2 Å². The summed E-state index contributed by atoms with van der Waals surface area (Å²) in [6.07, 6.45) is 0.177. The third-order valence-corrected chi connectivity index (χ3v) is 4.65. The zero-order valence-corrected chi connectivity index (χ0v) is 17.0. The molecule has 10 heteroatoms. The van der Waals surface area contributed by atoms with Crippen molar-refractivity contribution < 1.29 is 14.4 Å². The topological polar surface area (TPSA) is 129 Å². The number of anilines is 1. The van der Waals surface area contributed by atoms with Crippen LogP contribution in [0.15, 0.2) is 59.8 Å². The monoisotopic (exact) mass is 424 g/mol. The molecule has 0 fully saturated rings. The third-order valence-electron chi connectivity index (χ3n) is 3.80. The quantitative estimate of drug-likeness (QED) is 0.339. The number of aromatic nitrogens is 3. The zero-order valence-electron chi connectivity index (χ0n) is 16.1. The zero-order chi connectivity index (χ0) is 21.3. The molecule has 3 aromatic rings. The van der Waals surface area contributed by atoms with E-state index in [2.05, 4.69) is 31.3 Å². The average Bonchev–Trinajstić information content (AvgIpc) is 3.20. The summed E-state index contributed by atoms with van der Waals surface area (Å²) in [5.41, 5.74) is 7.01. The van der Waals surface area contributed by atoms with Gasteiger partial charge in [0.25, 0.3) is 0 Å². The number of carbonyl (C=O) groups is 3. The first-order valence-corrected chi connectivity index (χ1v) is 10.0. The molecule has 1 heterocycles. The van der Waals surface area contributed by atoms with Crippen LogP contribution in [0.1, 0.15) is 12.5 Å². The normalized spacial score (nSPS) is 10.3. The van der Waals surface area contributed by atoms with E-state index in [0.29, 0.717) is 16.7 Å². The van der Waals surface area contributed by atoms with Crippen molar-refractivity contribution >= 4 is 35.2 Å². The largest absolute Gasteiger partial charge is 0.326 e. The molecule has 0 saturated heterocycles. The van der Waals surface area contributed by atoms with Crippen LogP contribution in [-0.4, -0.2) is 38.7 Å². The van der Waals surface area contributed by atoms with E-state index >= 15 is 0 Å². The second-order valence-corrected chi connectivity index (χ2v) is 7.22. The molecule has 0 radical (unpaired) electrons. The molecule has 3 amide bonds. The van der Waals surface area contributed by atoms with Crippen LogP contribution >= 0.6 is 11.8 Å². The number of aromatic amines is 1. The molecule has 154 valence electrons. The second kappa shape index (κ2) is 10.2. The van der Waals surface area contributed by atoms with Gasteiger partial charge >= 0.3 is 0 Å². The van der Waals surface area contributed by atoms with E-state index in [4.69, 9.17) is 0 Å². The van der Waals surface area contributed by atoms with Crippen LogP contribution in [0.3, 0.4) is 0 Å². The average molecular weight is 424 g/mol. The van der Waals surface area contributed by atoms with Crippen LogP contribution in [0.5, 0.6) is 0 Å². The third kappa shape index (κ3) is 6.45. The predicted octanol–water partition coefficient (Wildman–Crippen LogP) is 1.91. The lowest BCUT2D eigenvalue weighted by Crippen LogP contribution is -2.43. The molecule has 0 aliphatic carbocycles. The summed E-state index contributed by atoms with van der Waals surface area (Å²) in [5, 5.41) is 9.98. The van der Waals surface area contributed by atoms with Gasteiger partial charge in [-0.3, -0.25) is 30.3 Å². The van der Waals surface area contributed by atoms with Crippen LogP contribution in [-0.2, 0) is 20.8 Å². The molecule has 0 aliphatic rings. The highest BCUT2D eigenvalue weighted by Crippen LogP contribution is 2.21. The van der Waals surface area contributed by atoms with E-state index in [1.165, 1.54) is 6.92 Å².